The van der Waals surface area contributed by atoms with Crippen LogP contribution < -0.4 is 19.5 Å². The molecule has 2 aromatic carbocycles. The number of nitrogens with one attached hydrogen (secondary N) is 1. The minimum absolute atomic E-state index is 0.115. The van der Waals surface area contributed by atoms with Gasteiger partial charge in [-0.15, -0.1) is 6.58 Å². The van der Waals surface area contributed by atoms with Crippen LogP contribution >= 0.6 is 0 Å². The zero-order valence-electron chi connectivity index (χ0n) is 19.2. The number of carbonyl (C=O) groups excluding carboxylic acids is 2. The van der Waals surface area contributed by atoms with Crippen molar-refractivity contribution in [1.29, 1.82) is 0 Å². The van der Waals surface area contributed by atoms with Crippen LogP contribution in [0.15, 0.2) is 55.1 Å². The van der Waals surface area contributed by atoms with Crippen molar-refractivity contribution in [2.75, 3.05) is 27.4 Å². The van der Waals surface area contributed by atoms with E-state index in [2.05, 4.69) is 11.9 Å². The number of aliphatic hydroxyl groups is 1. The Morgan fingerprint density at radius 2 is 1.85 bits per heavy atom. The molecule has 0 saturated carbocycles. The highest BCUT2D eigenvalue weighted by atomic mass is 16.5. The first-order valence-electron chi connectivity index (χ1n) is 10.8. The Kier molecular flexibility index (Phi) is 7.60. The minimum Gasteiger partial charge on any atom is -0.497 e. The molecule has 0 radical (unpaired) electrons. The lowest BCUT2D eigenvalue weighted by Gasteiger charge is -2.26. The number of carbonyl (C=O) groups is 2. The van der Waals surface area contributed by atoms with Crippen LogP contribution in [0.25, 0.3) is 0 Å². The van der Waals surface area contributed by atoms with Crippen molar-refractivity contribution < 1.29 is 28.9 Å². The number of methoxy groups -OCH3 is 2. The first-order valence-corrected chi connectivity index (χ1v) is 10.8. The molecule has 0 spiro atoms. The Hall–Kier alpha value is -3.52. The van der Waals surface area contributed by atoms with Crippen LogP contribution in [0.4, 0.5) is 4.79 Å². The van der Waals surface area contributed by atoms with E-state index in [9.17, 15) is 14.7 Å². The van der Waals surface area contributed by atoms with Crippen molar-refractivity contribution in [3.63, 3.8) is 0 Å². The van der Waals surface area contributed by atoms with E-state index < -0.39 is 23.6 Å². The molecule has 2 atom stereocenters. The van der Waals surface area contributed by atoms with Gasteiger partial charge in [-0.05, 0) is 48.2 Å². The number of β-amino-alcohol motifs (C(OH)–C–C–N with tert-alkyl or cyclic N) is 1. The third-order valence-corrected chi connectivity index (χ3v) is 5.72. The van der Waals surface area contributed by atoms with Crippen LogP contribution in [-0.4, -0.2) is 55.4 Å². The second-order valence-corrected chi connectivity index (χ2v) is 7.78. The number of aliphatic hydroxyl groups excluding tert-OH is 1. The SMILES string of the molecule is C=CCc1ccc(OC[C@H](O)CN2C(=O)N[C@@](CC)(c3ccc(OC)cc3)C2=O)c(OC)c1. The Bertz CT molecular complexity index is 1010. The first-order chi connectivity index (χ1) is 15.9. The zero-order valence-corrected chi connectivity index (χ0v) is 19.2. The normalized spacial score (nSPS) is 18.6. The monoisotopic (exact) mass is 454 g/mol. The van der Waals surface area contributed by atoms with E-state index in [1.165, 1.54) is 7.11 Å². The quantitative estimate of drug-likeness (QED) is 0.400. The number of urea groups is 1. The second-order valence-electron chi connectivity index (χ2n) is 7.78. The summed E-state index contributed by atoms with van der Waals surface area (Å²) in [7, 11) is 3.09. The molecule has 3 rings (SSSR count). The molecule has 0 aromatic heterocycles. The Labute approximate surface area is 193 Å². The first kappa shape index (κ1) is 24.1. The molecular formula is C25H30N2O6. The molecule has 3 amide bonds. The highest BCUT2D eigenvalue weighted by Gasteiger charge is 2.51. The summed E-state index contributed by atoms with van der Waals surface area (Å²) in [5.41, 5.74) is 0.485. The fourth-order valence-corrected chi connectivity index (χ4v) is 3.88. The van der Waals surface area contributed by atoms with Crippen LogP contribution in [0.3, 0.4) is 0 Å². The molecule has 1 aliphatic heterocycles. The number of hydrogen-bond acceptors (Lipinski definition) is 6. The van der Waals surface area contributed by atoms with E-state index >= 15 is 0 Å². The van der Waals surface area contributed by atoms with Crippen molar-refractivity contribution in [3.05, 3.63) is 66.2 Å². The van der Waals surface area contributed by atoms with Gasteiger partial charge in [-0.1, -0.05) is 31.2 Å². The summed E-state index contributed by atoms with van der Waals surface area (Å²) in [6.07, 6.45) is 1.76. The molecule has 2 aromatic rings. The predicted octanol–water partition coefficient (Wildman–Crippen LogP) is 3.03. The van der Waals surface area contributed by atoms with E-state index in [1.54, 1.807) is 43.5 Å². The summed E-state index contributed by atoms with van der Waals surface area (Å²) in [4.78, 5) is 27.0. The molecule has 176 valence electrons. The molecule has 0 bridgehead atoms. The maximum absolute atomic E-state index is 13.3. The fourth-order valence-electron chi connectivity index (χ4n) is 3.88. The number of allylic oxidation sites excluding steroid dienone is 1. The number of benzene rings is 2. The number of ether oxygens (including phenoxy) is 3. The molecular weight excluding hydrogens is 424 g/mol. The lowest BCUT2D eigenvalue weighted by Crippen LogP contribution is -2.44. The molecule has 2 N–H and O–H groups in total. The highest BCUT2D eigenvalue weighted by molar-refractivity contribution is 6.07. The number of rotatable bonds is 11. The van der Waals surface area contributed by atoms with Gasteiger partial charge in [0, 0.05) is 0 Å². The van der Waals surface area contributed by atoms with Gasteiger partial charge in [-0.25, -0.2) is 4.79 Å². The van der Waals surface area contributed by atoms with Gasteiger partial charge in [-0.2, -0.15) is 0 Å². The molecule has 1 aliphatic rings. The smallest absolute Gasteiger partial charge is 0.325 e. The largest absolute Gasteiger partial charge is 0.497 e. The van der Waals surface area contributed by atoms with E-state index in [4.69, 9.17) is 14.2 Å². The van der Waals surface area contributed by atoms with Crippen LogP contribution in [-0.2, 0) is 16.8 Å². The van der Waals surface area contributed by atoms with Crippen molar-refractivity contribution in [2.24, 2.45) is 0 Å². The molecule has 8 heteroatoms. The lowest BCUT2D eigenvalue weighted by molar-refractivity contribution is -0.133. The molecule has 0 unspecified atom stereocenters. The molecule has 33 heavy (non-hydrogen) atoms. The fraction of sp³-hybridized carbons (Fsp3) is 0.360. The summed E-state index contributed by atoms with van der Waals surface area (Å²) >= 11 is 0. The Morgan fingerprint density at radius 1 is 1.12 bits per heavy atom. The Balaban J connectivity index is 1.68. The third kappa shape index (κ3) is 4.96. The van der Waals surface area contributed by atoms with E-state index in [0.717, 1.165) is 10.5 Å². The molecule has 1 heterocycles. The summed E-state index contributed by atoms with van der Waals surface area (Å²) in [5.74, 6) is 1.23. The van der Waals surface area contributed by atoms with Crippen molar-refractivity contribution in [3.8, 4) is 17.2 Å². The van der Waals surface area contributed by atoms with Gasteiger partial charge in [0.2, 0.25) is 0 Å². The summed E-state index contributed by atoms with van der Waals surface area (Å²) in [6, 6.07) is 11.9. The van der Waals surface area contributed by atoms with E-state index in [0.29, 0.717) is 35.7 Å². The van der Waals surface area contributed by atoms with Crippen molar-refractivity contribution in [2.45, 2.75) is 31.4 Å². The summed E-state index contributed by atoms with van der Waals surface area (Å²) in [5, 5.41) is 13.3. The standard InChI is InChI=1S/C25H30N2O6/c1-5-7-17-8-13-21(22(14-17)32-4)33-16-19(28)15-27-23(29)25(6-2,26-24(27)30)18-9-11-20(31-3)12-10-18/h5,8-14,19,28H,1,6-7,15-16H2,2-4H3,(H,26,30)/t19-,25+/m1/s1. The number of hydrogen-bond donors (Lipinski definition) is 2. The van der Waals surface area contributed by atoms with Crippen LogP contribution in [0, 0.1) is 0 Å². The minimum atomic E-state index is -1.19. The molecule has 1 saturated heterocycles. The van der Waals surface area contributed by atoms with Gasteiger partial charge in [-0.3, -0.25) is 9.69 Å². The maximum Gasteiger partial charge on any atom is 0.325 e. The number of amides is 3. The summed E-state index contributed by atoms with van der Waals surface area (Å²) < 4.78 is 16.2. The predicted molar refractivity (Wildman–Crippen MR) is 124 cm³/mol. The third-order valence-electron chi connectivity index (χ3n) is 5.72. The number of imide groups is 1. The van der Waals surface area contributed by atoms with Gasteiger partial charge >= 0.3 is 6.03 Å². The summed E-state index contributed by atoms with van der Waals surface area (Å²) in [6.45, 7) is 5.24. The zero-order chi connectivity index (χ0) is 24.0. The van der Waals surface area contributed by atoms with E-state index in [-0.39, 0.29) is 13.2 Å². The molecule has 1 fully saturated rings. The second kappa shape index (κ2) is 10.4. The van der Waals surface area contributed by atoms with Crippen LogP contribution in [0.1, 0.15) is 24.5 Å². The van der Waals surface area contributed by atoms with Crippen LogP contribution in [0.5, 0.6) is 17.2 Å². The highest BCUT2D eigenvalue weighted by Crippen LogP contribution is 2.34. The lowest BCUT2D eigenvalue weighted by atomic mass is 9.87. The molecule has 8 nitrogen and oxygen atoms in total. The average Bonchev–Trinajstić information content (AvgIpc) is 3.08. The van der Waals surface area contributed by atoms with Gasteiger partial charge < -0.3 is 24.6 Å². The number of nitrogens with zero attached hydrogens (tertiary/aromatic N) is 1. The average molecular weight is 455 g/mol. The molecule has 0 aliphatic carbocycles. The van der Waals surface area contributed by atoms with Gasteiger partial charge in [0.15, 0.2) is 11.5 Å². The van der Waals surface area contributed by atoms with Gasteiger partial charge in [0.25, 0.3) is 5.91 Å². The maximum atomic E-state index is 13.3. The topological polar surface area (TPSA) is 97.3 Å². The van der Waals surface area contributed by atoms with Gasteiger partial charge in [0.1, 0.15) is 24.0 Å². The van der Waals surface area contributed by atoms with Gasteiger partial charge in [0.05, 0.1) is 20.8 Å². The van der Waals surface area contributed by atoms with Crippen LogP contribution in [0.2, 0.25) is 0 Å². The van der Waals surface area contributed by atoms with E-state index in [1.807, 2.05) is 19.1 Å². The van der Waals surface area contributed by atoms with Crippen molar-refractivity contribution in [1.82, 2.24) is 10.2 Å². The Morgan fingerprint density at radius 3 is 2.45 bits per heavy atom. The van der Waals surface area contributed by atoms with Crippen molar-refractivity contribution >= 4 is 11.9 Å².